The van der Waals surface area contributed by atoms with Gasteiger partial charge < -0.3 is 20.3 Å². The maximum Gasteiger partial charge on any atom is 0.313 e. The van der Waals surface area contributed by atoms with Crippen molar-refractivity contribution in [2.45, 2.75) is 19.4 Å². The van der Waals surface area contributed by atoms with Crippen LogP contribution in [0.15, 0.2) is 73.1 Å². The van der Waals surface area contributed by atoms with Gasteiger partial charge in [-0.1, -0.05) is 36.4 Å². The second-order valence-electron chi connectivity index (χ2n) is 7.47. The average Bonchev–Trinajstić information content (AvgIpc) is 3.25. The SMILES string of the molecule is CCOc1ccccc1NC(=O)C(=O)NC[C@H](c1cccnc1)N1CCc2ccccc21. The largest absolute Gasteiger partial charge is 0.492 e. The summed E-state index contributed by atoms with van der Waals surface area (Å²) >= 11 is 0. The maximum atomic E-state index is 12.6. The number of rotatable bonds is 7. The molecule has 32 heavy (non-hydrogen) atoms. The van der Waals surface area contributed by atoms with Gasteiger partial charge in [0, 0.05) is 31.2 Å². The number of pyridine rings is 1. The first-order valence-electron chi connectivity index (χ1n) is 10.7. The number of hydrogen-bond acceptors (Lipinski definition) is 5. The number of carbonyl (C=O) groups excluding carboxylic acids is 2. The first-order valence-corrected chi connectivity index (χ1v) is 10.7. The summed E-state index contributed by atoms with van der Waals surface area (Å²) in [5, 5.41) is 5.44. The Morgan fingerprint density at radius 3 is 2.69 bits per heavy atom. The van der Waals surface area contributed by atoms with Gasteiger partial charge in [0.15, 0.2) is 0 Å². The summed E-state index contributed by atoms with van der Waals surface area (Å²) in [7, 11) is 0. The van der Waals surface area contributed by atoms with Crippen molar-refractivity contribution in [3.05, 3.63) is 84.2 Å². The highest BCUT2D eigenvalue weighted by atomic mass is 16.5. The Kier molecular flexibility index (Phi) is 6.65. The van der Waals surface area contributed by atoms with Crippen LogP contribution in [0, 0.1) is 0 Å². The zero-order valence-corrected chi connectivity index (χ0v) is 18.0. The van der Waals surface area contributed by atoms with Gasteiger partial charge in [0.25, 0.3) is 0 Å². The monoisotopic (exact) mass is 430 g/mol. The van der Waals surface area contributed by atoms with E-state index in [1.165, 1.54) is 5.56 Å². The minimum Gasteiger partial charge on any atom is -0.492 e. The van der Waals surface area contributed by atoms with Crippen LogP contribution in [0.2, 0.25) is 0 Å². The van der Waals surface area contributed by atoms with Crippen molar-refractivity contribution in [2.24, 2.45) is 0 Å². The smallest absolute Gasteiger partial charge is 0.313 e. The highest BCUT2D eigenvalue weighted by Crippen LogP contribution is 2.34. The number of fused-ring (bicyclic) bond motifs is 1. The molecule has 1 aliphatic heterocycles. The molecule has 7 heteroatoms. The van der Waals surface area contributed by atoms with E-state index < -0.39 is 11.8 Å². The molecule has 3 aromatic rings. The lowest BCUT2D eigenvalue weighted by atomic mass is 10.1. The van der Waals surface area contributed by atoms with Gasteiger partial charge in [-0.15, -0.1) is 0 Å². The molecular weight excluding hydrogens is 404 g/mol. The second-order valence-corrected chi connectivity index (χ2v) is 7.47. The van der Waals surface area contributed by atoms with E-state index in [4.69, 9.17) is 4.74 Å². The van der Waals surface area contributed by atoms with Gasteiger partial charge in [-0.25, -0.2) is 0 Å². The van der Waals surface area contributed by atoms with Crippen LogP contribution in [-0.2, 0) is 16.0 Å². The van der Waals surface area contributed by atoms with Crippen molar-refractivity contribution < 1.29 is 14.3 Å². The maximum absolute atomic E-state index is 12.6. The Bertz CT molecular complexity index is 1090. The zero-order chi connectivity index (χ0) is 22.3. The lowest BCUT2D eigenvalue weighted by Crippen LogP contribution is -2.41. The molecule has 4 rings (SSSR count). The van der Waals surface area contributed by atoms with Crippen LogP contribution >= 0.6 is 0 Å². The van der Waals surface area contributed by atoms with Crippen molar-refractivity contribution in [1.82, 2.24) is 10.3 Å². The van der Waals surface area contributed by atoms with E-state index in [2.05, 4.69) is 32.7 Å². The first-order chi connectivity index (χ1) is 15.7. The molecule has 2 aromatic carbocycles. The molecule has 0 saturated heterocycles. The number of hydrogen-bond donors (Lipinski definition) is 2. The molecule has 0 unspecified atom stereocenters. The number of para-hydroxylation sites is 3. The summed E-state index contributed by atoms with van der Waals surface area (Å²) in [5.41, 5.74) is 3.86. The average molecular weight is 431 g/mol. The van der Waals surface area contributed by atoms with Crippen molar-refractivity contribution in [3.63, 3.8) is 0 Å². The van der Waals surface area contributed by atoms with Gasteiger partial charge in [0.2, 0.25) is 0 Å². The molecule has 2 heterocycles. The van der Waals surface area contributed by atoms with Crippen LogP contribution in [0.3, 0.4) is 0 Å². The summed E-state index contributed by atoms with van der Waals surface area (Å²) in [5.74, 6) is -0.903. The van der Waals surface area contributed by atoms with Crippen LogP contribution in [0.25, 0.3) is 0 Å². The minimum absolute atomic E-state index is 0.139. The molecule has 7 nitrogen and oxygen atoms in total. The molecule has 0 bridgehead atoms. The highest BCUT2D eigenvalue weighted by Gasteiger charge is 2.28. The third-order valence-electron chi connectivity index (χ3n) is 5.47. The van der Waals surface area contributed by atoms with Crippen LogP contribution in [-0.4, -0.2) is 36.5 Å². The molecule has 2 amide bonds. The van der Waals surface area contributed by atoms with E-state index in [9.17, 15) is 9.59 Å². The third-order valence-corrected chi connectivity index (χ3v) is 5.47. The Hall–Kier alpha value is -3.87. The van der Waals surface area contributed by atoms with E-state index >= 15 is 0 Å². The fourth-order valence-electron chi connectivity index (χ4n) is 3.97. The van der Waals surface area contributed by atoms with Crippen molar-refractivity contribution in [2.75, 3.05) is 29.9 Å². The molecule has 1 aromatic heterocycles. The fraction of sp³-hybridized carbons (Fsp3) is 0.240. The summed E-state index contributed by atoms with van der Waals surface area (Å²) in [6.07, 6.45) is 4.46. The van der Waals surface area contributed by atoms with E-state index in [0.29, 0.717) is 18.0 Å². The van der Waals surface area contributed by atoms with E-state index in [1.54, 1.807) is 30.6 Å². The van der Waals surface area contributed by atoms with Crippen LogP contribution in [0.5, 0.6) is 5.75 Å². The number of amides is 2. The van der Waals surface area contributed by atoms with Crippen LogP contribution in [0.4, 0.5) is 11.4 Å². The van der Waals surface area contributed by atoms with E-state index in [-0.39, 0.29) is 12.6 Å². The molecule has 1 aliphatic rings. The quantitative estimate of drug-likeness (QED) is 0.562. The van der Waals surface area contributed by atoms with Gasteiger partial charge in [0.1, 0.15) is 5.75 Å². The van der Waals surface area contributed by atoms with Crippen molar-refractivity contribution >= 4 is 23.2 Å². The summed E-state index contributed by atoms with van der Waals surface area (Å²) in [6, 6.07) is 19.0. The Balaban J connectivity index is 1.47. The van der Waals surface area contributed by atoms with Gasteiger partial charge in [-0.3, -0.25) is 14.6 Å². The second kappa shape index (κ2) is 9.96. The molecule has 0 aliphatic carbocycles. The number of carbonyl (C=O) groups is 2. The summed E-state index contributed by atoms with van der Waals surface area (Å²) in [4.78, 5) is 31.7. The standard InChI is InChI=1S/C25H26N4O3/c1-2-32-23-12-6-4-10-20(23)28-25(31)24(30)27-17-22(19-9-7-14-26-16-19)29-15-13-18-8-3-5-11-21(18)29/h3-12,14,16,22H,2,13,15,17H2,1H3,(H,27,30)(H,28,31)/t22-/m1/s1. The van der Waals surface area contributed by atoms with Gasteiger partial charge in [-0.2, -0.15) is 0 Å². The van der Waals surface area contributed by atoms with Crippen LogP contribution in [0.1, 0.15) is 24.1 Å². The third kappa shape index (κ3) is 4.72. The lowest BCUT2D eigenvalue weighted by Gasteiger charge is -2.30. The number of nitrogens with one attached hydrogen (secondary N) is 2. The first kappa shape index (κ1) is 21.4. The van der Waals surface area contributed by atoms with Crippen molar-refractivity contribution in [1.29, 1.82) is 0 Å². The lowest BCUT2D eigenvalue weighted by molar-refractivity contribution is -0.136. The van der Waals surface area contributed by atoms with E-state index in [0.717, 1.165) is 24.2 Å². The predicted octanol–water partition coefficient (Wildman–Crippen LogP) is 3.34. The predicted molar refractivity (Wildman–Crippen MR) is 124 cm³/mol. The zero-order valence-electron chi connectivity index (χ0n) is 18.0. The molecule has 0 saturated carbocycles. The van der Waals surface area contributed by atoms with Crippen molar-refractivity contribution in [3.8, 4) is 5.75 Å². The number of anilines is 2. The Morgan fingerprint density at radius 1 is 1.06 bits per heavy atom. The van der Waals surface area contributed by atoms with E-state index in [1.807, 2.05) is 37.3 Å². The molecule has 2 N–H and O–H groups in total. The van der Waals surface area contributed by atoms with Gasteiger partial charge in [0.05, 0.1) is 18.3 Å². The number of ether oxygens (including phenoxy) is 1. The van der Waals surface area contributed by atoms with Gasteiger partial charge in [-0.05, 0) is 48.7 Å². The van der Waals surface area contributed by atoms with Crippen LogP contribution < -0.4 is 20.3 Å². The minimum atomic E-state index is -0.732. The molecule has 164 valence electrons. The fourth-order valence-corrected chi connectivity index (χ4v) is 3.97. The molecule has 0 fully saturated rings. The molecular formula is C25H26N4O3. The van der Waals surface area contributed by atoms with Gasteiger partial charge >= 0.3 is 11.8 Å². The highest BCUT2D eigenvalue weighted by molar-refractivity contribution is 6.39. The summed E-state index contributed by atoms with van der Waals surface area (Å²) in [6.45, 7) is 3.44. The molecule has 0 spiro atoms. The number of nitrogens with zero attached hydrogens (tertiary/aromatic N) is 2. The normalized spacial score (nSPS) is 13.2. The molecule has 0 radical (unpaired) electrons. The Labute approximate surface area is 187 Å². The number of aromatic nitrogens is 1. The summed E-state index contributed by atoms with van der Waals surface area (Å²) < 4.78 is 5.51. The number of benzene rings is 2. The topological polar surface area (TPSA) is 83.6 Å². The Morgan fingerprint density at radius 2 is 1.88 bits per heavy atom. The molecule has 1 atom stereocenters.